The second kappa shape index (κ2) is 4.63. The van der Waals surface area contributed by atoms with Gasteiger partial charge in [-0.05, 0) is 6.07 Å². The Hall–Kier alpha value is -2.94. The number of carbonyl (C=O) groups excluding carboxylic acids is 1. The lowest BCUT2D eigenvalue weighted by atomic mass is 10.4. The van der Waals surface area contributed by atoms with Crippen LogP contribution < -0.4 is 16.6 Å². The number of fused-ring (bicyclic) bond motifs is 1. The highest BCUT2D eigenvalue weighted by Crippen LogP contribution is 2.15. The minimum Gasteiger partial charge on any atom is -0.354 e. The minimum atomic E-state index is -0.267. The number of nitrogens with one attached hydrogen (secondary N) is 2. The highest BCUT2D eigenvalue weighted by Gasteiger charge is 2.13. The summed E-state index contributed by atoms with van der Waals surface area (Å²) in [6, 6.07) is 1.60. The molecular formula is C11H12N8O. The zero-order chi connectivity index (χ0) is 14.1. The molecule has 0 radical (unpaired) electrons. The molecule has 3 aromatic rings. The summed E-state index contributed by atoms with van der Waals surface area (Å²) in [7, 11) is 1.55. The fourth-order valence-electron chi connectivity index (χ4n) is 1.83. The molecule has 102 valence electrons. The number of nitrogens with zero attached hydrogens (tertiary/aromatic N) is 5. The molecule has 4 N–H and O–H groups in total. The predicted octanol–water partition coefficient (Wildman–Crippen LogP) is -0.440. The first-order chi connectivity index (χ1) is 9.72. The number of hydrogen-bond acceptors (Lipinski definition) is 6. The lowest BCUT2D eigenvalue weighted by Gasteiger charge is -2.06. The monoisotopic (exact) mass is 272 g/mol. The van der Waals surface area contributed by atoms with Crippen LogP contribution in [0.1, 0.15) is 10.5 Å². The van der Waals surface area contributed by atoms with Crippen LogP contribution in [0.5, 0.6) is 0 Å². The molecule has 0 atom stereocenters. The maximum absolute atomic E-state index is 11.5. The zero-order valence-corrected chi connectivity index (χ0v) is 10.6. The highest BCUT2D eigenvalue weighted by atomic mass is 16.1. The van der Waals surface area contributed by atoms with Gasteiger partial charge in [-0.3, -0.25) is 4.79 Å². The molecule has 20 heavy (non-hydrogen) atoms. The molecule has 0 saturated heterocycles. The Balaban J connectivity index is 2.15. The van der Waals surface area contributed by atoms with E-state index in [1.54, 1.807) is 42.3 Å². The highest BCUT2D eigenvalue weighted by molar-refractivity contribution is 5.91. The van der Waals surface area contributed by atoms with Crippen molar-refractivity contribution >= 4 is 17.4 Å². The molecule has 0 spiro atoms. The maximum atomic E-state index is 11.5. The lowest BCUT2D eigenvalue weighted by Crippen LogP contribution is -2.19. The first-order valence-electron chi connectivity index (χ1n) is 5.81. The number of hydrazine groups is 1. The number of nitrogen functional groups attached to an aromatic ring is 1. The third-order valence-electron chi connectivity index (χ3n) is 2.77. The fourth-order valence-corrected chi connectivity index (χ4v) is 1.83. The van der Waals surface area contributed by atoms with Gasteiger partial charge in [-0.25, -0.2) is 20.5 Å². The summed E-state index contributed by atoms with van der Waals surface area (Å²) in [5, 5.41) is 6.69. The first-order valence-corrected chi connectivity index (χ1v) is 5.81. The molecule has 1 amide bonds. The smallest absolute Gasteiger partial charge is 0.271 e. The normalized spacial score (nSPS) is 10.7. The van der Waals surface area contributed by atoms with Crippen LogP contribution in [-0.4, -0.2) is 37.1 Å². The van der Waals surface area contributed by atoms with E-state index in [-0.39, 0.29) is 5.91 Å². The molecule has 0 bridgehead atoms. The summed E-state index contributed by atoms with van der Waals surface area (Å²) in [5.74, 6) is 6.06. The van der Waals surface area contributed by atoms with Crippen LogP contribution in [0.4, 0.5) is 5.82 Å². The van der Waals surface area contributed by atoms with Crippen LogP contribution in [-0.2, 0) is 0 Å². The Kier molecular flexibility index (Phi) is 2.80. The third-order valence-corrected chi connectivity index (χ3v) is 2.77. The number of imidazole rings is 1. The van der Waals surface area contributed by atoms with Gasteiger partial charge in [-0.15, -0.1) is 0 Å². The number of rotatable bonds is 3. The van der Waals surface area contributed by atoms with Crippen molar-refractivity contribution in [2.24, 2.45) is 5.84 Å². The first kappa shape index (κ1) is 12.1. The largest absolute Gasteiger partial charge is 0.354 e. The summed E-state index contributed by atoms with van der Waals surface area (Å²) in [5.41, 5.74) is 3.38. The molecule has 0 fully saturated rings. The predicted molar refractivity (Wildman–Crippen MR) is 71.3 cm³/mol. The molecule has 9 nitrogen and oxygen atoms in total. The van der Waals surface area contributed by atoms with Gasteiger partial charge in [0, 0.05) is 25.6 Å². The Labute approximate surface area is 113 Å². The van der Waals surface area contributed by atoms with Crippen LogP contribution in [0.15, 0.2) is 30.9 Å². The van der Waals surface area contributed by atoms with Crippen LogP contribution in [0.2, 0.25) is 0 Å². The maximum Gasteiger partial charge on any atom is 0.271 e. The molecule has 0 aliphatic rings. The van der Waals surface area contributed by atoms with Gasteiger partial charge < -0.3 is 15.1 Å². The van der Waals surface area contributed by atoms with Crippen LogP contribution >= 0.6 is 0 Å². The Morgan fingerprint density at radius 1 is 1.40 bits per heavy atom. The van der Waals surface area contributed by atoms with E-state index >= 15 is 0 Å². The summed E-state index contributed by atoms with van der Waals surface area (Å²) in [4.78, 5) is 20.1. The SMILES string of the molecule is CNC(=O)c1ccn(-c2nc(NN)cn3ccnc23)n1. The second-order valence-electron chi connectivity index (χ2n) is 3.98. The van der Waals surface area contributed by atoms with Crippen LogP contribution in [0.25, 0.3) is 11.5 Å². The molecule has 0 aromatic carbocycles. The average molecular weight is 272 g/mol. The van der Waals surface area contributed by atoms with E-state index in [1.165, 1.54) is 4.68 Å². The van der Waals surface area contributed by atoms with E-state index in [0.29, 0.717) is 23.0 Å². The number of carbonyl (C=O) groups is 1. The van der Waals surface area contributed by atoms with Crippen LogP contribution in [0.3, 0.4) is 0 Å². The van der Waals surface area contributed by atoms with E-state index in [1.807, 2.05) is 0 Å². The van der Waals surface area contributed by atoms with Crippen molar-refractivity contribution in [1.29, 1.82) is 0 Å². The van der Waals surface area contributed by atoms with Gasteiger partial charge in [0.1, 0.15) is 0 Å². The standard InChI is InChI=1S/C11H12N8O/c1-13-11(20)7-2-4-19(17-7)10-9-14-3-5-18(9)6-8(15-10)16-12/h2-6,16H,12H2,1H3,(H,13,20). The number of hydrogen-bond donors (Lipinski definition) is 3. The number of nitrogens with two attached hydrogens (primary N) is 1. The molecule has 3 heterocycles. The second-order valence-corrected chi connectivity index (χ2v) is 3.98. The molecule has 3 aromatic heterocycles. The minimum absolute atomic E-state index is 0.267. The van der Waals surface area contributed by atoms with E-state index in [0.717, 1.165) is 0 Å². The van der Waals surface area contributed by atoms with Gasteiger partial charge in [-0.2, -0.15) is 5.10 Å². The van der Waals surface area contributed by atoms with Crippen molar-refractivity contribution in [3.63, 3.8) is 0 Å². The average Bonchev–Trinajstić information content (AvgIpc) is 3.13. The summed E-state index contributed by atoms with van der Waals surface area (Å²) < 4.78 is 3.24. The summed E-state index contributed by atoms with van der Waals surface area (Å²) in [6.07, 6.45) is 6.76. The number of amides is 1. The van der Waals surface area contributed by atoms with Gasteiger partial charge in [0.15, 0.2) is 23.0 Å². The van der Waals surface area contributed by atoms with Crippen molar-refractivity contribution < 1.29 is 4.79 Å². The molecule has 0 saturated carbocycles. The van der Waals surface area contributed by atoms with E-state index < -0.39 is 0 Å². The Morgan fingerprint density at radius 2 is 2.25 bits per heavy atom. The van der Waals surface area contributed by atoms with Crippen molar-refractivity contribution in [2.75, 3.05) is 12.5 Å². The third kappa shape index (κ3) is 1.86. The number of aromatic nitrogens is 5. The summed E-state index contributed by atoms with van der Waals surface area (Å²) in [6.45, 7) is 0. The quantitative estimate of drug-likeness (QED) is 0.440. The molecule has 9 heteroatoms. The van der Waals surface area contributed by atoms with Gasteiger partial charge >= 0.3 is 0 Å². The van der Waals surface area contributed by atoms with Gasteiger partial charge in [0.2, 0.25) is 0 Å². The van der Waals surface area contributed by atoms with E-state index in [2.05, 4.69) is 25.8 Å². The Bertz CT molecular complexity index is 774. The molecule has 0 aliphatic carbocycles. The topological polar surface area (TPSA) is 115 Å². The van der Waals surface area contributed by atoms with Crippen molar-refractivity contribution in [3.8, 4) is 5.82 Å². The Morgan fingerprint density at radius 3 is 3.00 bits per heavy atom. The van der Waals surface area contributed by atoms with Gasteiger partial charge in [-0.1, -0.05) is 0 Å². The fraction of sp³-hybridized carbons (Fsp3) is 0.0909. The molecule has 3 rings (SSSR count). The van der Waals surface area contributed by atoms with Crippen LogP contribution in [0, 0.1) is 0 Å². The van der Waals surface area contributed by atoms with Crippen molar-refractivity contribution in [2.45, 2.75) is 0 Å². The van der Waals surface area contributed by atoms with E-state index in [9.17, 15) is 4.79 Å². The summed E-state index contributed by atoms with van der Waals surface area (Å²) >= 11 is 0. The lowest BCUT2D eigenvalue weighted by molar-refractivity contribution is 0.0957. The van der Waals surface area contributed by atoms with Crippen molar-refractivity contribution in [1.82, 2.24) is 29.5 Å². The van der Waals surface area contributed by atoms with Gasteiger partial charge in [0.25, 0.3) is 5.91 Å². The van der Waals surface area contributed by atoms with Crippen molar-refractivity contribution in [3.05, 3.63) is 36.5 Å². The molecule has 0 unspecified atom stereocenters. The molecule has 0 aliphatic heterocycles. The van der Waals surface area contributed by atoms with E-state index in [4.69, 9.17) is 5.84 Å². The zero-order valence-electron chi connectivity index (χ0n) is 10.6. The number of anilines is 1. The van der Waals surface area contributed by atoms with Gasteiger partial charge in [0.05, 0.1) is 6.20 Å². The molecular weight excluding hydrogens is 260 g/mol.